The van der Waals surface area contributed by atoms with Gasteiger partial charge in [0.15, 0.2) is 13.2 Å². The van der Waals surface area contributed by atoms with Crippen molar-refractivity contribution in [3.63, 3.8) is 0 Å². The standard InChI is InChI=1S/C6H6O4/c1-2-3-10-6(8)4-9-5-7/h1,5H,3-4H2. The number of hydrogen-bond donors (Lipinski definition) is 0. The van der Waals surface area contributed by atoms with Crippen molar-refractivity contribution in [2.45, 2.75) is 0 Å². The van der Waals surface area contributed by atoms with Crippen LogP contribution in [0.3, 0.4) is 0 Å². The van der Waals surface area contributed by atoms with Gasteiger partial charge in [0, 0.05) is 0 Å². The van der Waals surface area contributed by atoms with E-state index in [2.05, 4.69) is 15.4 Å². The highest BCUT2D eigenvalue weighted by atomic mass is 16.6. The molecular weight excluding hydrogens is 136 g/mol. The van der Waals surface area contributed by atoms with E-state index in [-0.39, 0.29) is 19.7 Å². The Hall–Kier alpha value is -1.50. The Morgan fingerprint density at radius 3 is 2.90 bits per heavy atom. The van der Waals surface area contributed by atoms with E-state index in [1.807, 2.05) is 0 Å². The van der Waals surface area contributed by atoms with E-state index < -0.39 is 5.97 Å². The second kappa shape index (κ2) is 5.63. The predicted octanol–water partition coefficient (Wildman–Crippen LogP) is -0.664. The third-order valence-electron chi connectivity index (χ3n) is 0.586. The molecule has 4 nitrogen and oxygen atoms in total. The summed E-state index contributed by atoms with van der Waals surface area (Å²) in [5, 5.41) is 0. The van der Waals surface area contributed by atoms with Crippen LogP contribution in [0.25, 0.3) is 0 Å². The topological polar surface area (TPSA) is 52.6 Å². The molecule has 0 aliphatic heterocycles. The zero-order valence-corrected chi connectivity index (χ0v) is 5.20. The van der Waals surface area contributed by atoms with Gasteiger partial charge in [-0.1, -0.05) is 5.92 Å². The monoisotopic (exact) mass is 142 g/mol. The molecule has 0 rings (SSSR count). The van der Waals surface area contributed by atoms with Gasteiger partial charge < -0.3 is 9.47 Å². The molecule has 0 aromatic rings. The Kier molecular flexibility index (Phi) is 4.79. The summed E-state index contributed by atoms with van der Waals surface area (Å²) in [5.74, 6) is 1.44. The average molecular weight is 142 g/mol. The molecule has 0 fully saturated rings. The second-order valence-corrected chi connectivity index (χ2v) is 1.27. The molecule has 0 saturated heterocycles. The maximum Gasteiger partial charge on any atom is 0.345 e. The van der Waals surface area contributed by atoms with Crippen molar-refractivity contribution in [3.05, 3.63) is 0 Å². The molecule has 0 saturated carbocycles. The van der Waals surface area contributed by atoms with Gasteiger partial charge in [0.25, 0.3) is 6.47 Å². The number of esters is 1. The number of rotatable bonds is 4. The molecule has 0 aliphatic rings. The number of terminal acetylenes is 1. The van der Waals surface area contributed by atoms with Crippen LogP contribution in [0, 0.1) is 12.3 Å². The van der Waals surface area contributed by atoms with E-state index in [1.165, 1.54) is 0 Å². The van der Waals surface area contributed by atoms with Gasteiger partial charge in [-0.15, -0.1) is 6.42 Å². The van der Waals surface area contributed by atoms with Crippen LogP contribution in [0.2, 0.25) is 0 Å². The lowest BCUT2D eigenvalue weighted by Gasteiger charge is -1.97. The zero-order chi connectivity index (χ0) is 7.82. The van der Waals surface area contributed by atoms with Gasteiger partial charge in [0.1, 0.15) is 0 Å². The molecule has 54 valence electrons. The van der Waals surface area contributed by atoms with E-state index in [9.17, 15) is 9.59 Å². The molecule has 0 amide bonds. The molecule has 0 unspecified atom stereocenters. The number of ether oxygens (including phenoxy) is 2. The summed E-state index contributed by atoms with van der Waals surface area (Å²) < 4.78 is 8.40. The van der Waals surface area contributed by atoms with Crippen molar-refractivity contribution in [3.8, 4) is 12.3 Å². The van der Waals surface area contributed by atoms with Gasteiger partial charge in [-0.3, -0.25) is 4.79 Å². The normalized spacial score (nSPS) is 7.50. The van der Waals surface area contributed by atoms with Gasteiger partial charge in [-0.2, -0.15) is 0 Å². The maximum absolute atomic E-state index is 10.4. The van der Waals surface area contributed by atoms with Crippen molar-refractivity contribution < 1.29 is 19.1 Å². The first-order valence-corrected chi connectivity index (χ1v) is 2.45. The van der Waals surface area contributed by atoms with E-state index in [4.69, 9.17) is 6.42 Å². The summed E-state index contributed by atoms with van der Waals surface area (Å²) >= 11 is 0. The zero-order valence-electron chi connectivity index (χ0n) is 5.20. The average Bonchev–Trinajstić information content (AvgIpc) is 1.97. The van der Waals surface area contributed by atoms with Crippen LogP contribution in [0.5, 0.6) is 0 Å². The molecule has 0 bridgehead atoms. The number of carbonyl (C=O) groups excluding carboxylic acids is 2. The summed E-state index contributed by atoms with van der Waals surface area (Å²) in [5.41, 5.74) is 0. The summed E-state index contributed by atoms with van der Waals surface area (Å²) in [4.78, 5) is 19.9. The summed E-state index contributed by atoms with van der Waals surface area (Å²) in [6.45, 7) is -0.316. The summed E-state index contributed by atoms with van der Waals surface area (Å²) in [6, 6.07) is 0. The van der Waals surface area contributed by atoms with Crippen molar-refractivity contribution >= 4 is 12.4 Å². The SMILES string of the molecule is C#CCOC(=O)COC=O. The lowest BCUT2D eigenvalue weighted by atomic mass is 10.7. The minimum Gasteiger partial charge on any atom is -0.456 e. The van der Waals surface area contributed by atoms with Gasteiger partial charge >= 0.3 is 5.97 Å². The first-order valence-electron chi connectivity index (χ1n) is 2.45. The van der Waals surface area contributed by atoms with Crippen molar-refractivity contribution in [2.24, 2.45) is 0 Å². The number of carbonyl (C=O) groups is 2. The fraction of sp³-hybridized carbons (Fsp3) is 0.333. The Labute approximate surface area is 58.1 Å². The Morgan fingerprint density at radius 2 is 2.40 bits per heavy atom. The Bertz CT molecular complexity index is 156. The Balaban J connectivity index is 3.27. The highest BCUT2D eigenvalue weighted by Gasteiger charge is 1.99. The first kappa shape index (κ1) is 8.50. The molecule has 0 N–H and O–H groups in total. The molecule has 0 atom stereocenters. The van der Waals surface area contributed by atoms with Gasteiger partial charge in [0.05, 0.1) is 0 Å². The third-order valence-corrected chi connectivity index (χ3v) is 0.586. The highest BCUT2D eigenvalue weighted by molar-refractivity contribution is 5.71. The van der Waals surface area contributed by atoms with Crippen LogP contribution in [0.15, 0.2) is 0 Å². The lowest BCUT2D eigenvalue weighted by molar-refractivity contribution is -0.151. The van der Waals surface area contributed by atoms with Crippen LogP contribution >= 0.6 is 0 Å². The molecular formula is C6H6O4. The quantitative estimate of drug-likeness (QED) is 0.297. The largest absolute Gasteiger partial charge is 0.456 e. The van der Waals surface area contributed by atoms with Crippen LogP contribution < -0.4 is 0 Å². The minimum atomic E-state index is -0.648. The molecule has 0 radical (unpaired) electrons. The fourth-order valence-corrected chi connectivity index (χ4v) is 0.266. The van der Waals surface area contributed by atoms with Gasteiger partial charge in [-0.25, -0.2) is 4.79 Å². The van der Waals surface area contributed by atoms with E-state index in [0.717, 1.165) is 0 Å². The molecule has 0 aromatic carbocycles. The van der Waals surface area contributed by atoms with Crippen LogP contribution in [0.4, 0.5) is 0 Å². The molecule has 0 spiro atoms. The minimum absolute atomic E-state index is 0.0962. The number of hydrogen-bond acceptors (Lipinski definition) is 4. The first-order chi connectivity index (χ1) is 4.81. The van der Waals surface area contributed by atoms with Crippen molar-refractivity contribution in [2.75, 3.05) is 13.2 Å². The maximum atomic E-state index is 10.4. The molecule has 0 aliphatic carbocycles. The van der Waals surface area contributed by atoms with Gasteiger partial charge in [-0.05, 0) is 0 Å². The molecule has 0 aromatic heterocycles. The second-order valence-electron chi connectivity index (χ2n) is 1.27. The Morgan fingerprint density at radius 1 is 1.70 bits per heavy atom. The van der Waals surface area contributed by atoms with E-state index >= 15 is 0 Å². The lowest BCUT2D eigenvalue weighted by Crippen LogP contribution is -2.11. The molecule has 10 heavy (non-hydrogen) atoms. The van der Waals surface area contributed by atoms with Crippen LogP contribution in [-0.4, -0.2) is 25.7 Å². The van der Waals surface area contributed by atoms with Crippen molar-refractivity contribution in [1.82, 2.24) is 0 Å². The van der Waals surface area contributed by atoms with Crippen molar-refractivity contribution in [1.29, 1.82) is 0 Å². The summed E-state index contributed by atoms with van der Waals surface area (Å²) in [6.07, 6.45) is 4.77. The molecule has 0 heterocycles. The van der Waals surface area contributed by atoms with Gasteiger partial charge in [0.2, 0.25) is 0 Å². The van der Waals surface area contributed by atoms with E-state index in [1.54, 1.807) is 0 Å². The molecule has 4 heteroatoms. The fourth-order valence-electron chi connectivity index (χ4n) is 0.266. The van der Waals surface area contributed by atoms with E-state index in [0.29, 0.717) is 0 Å². The summed E-state index contributed by atoms with van der Waals surface area (Å²) in [7, 11) is 0. The van der Waals surface area contributed by atoms with Crippen LogP contribution in [-0.2, 0) is 19.1 Å². The highest BCUT2D eigenvalue weighted by Crippen LogP contribution is 1.77. The predicted molar refractivity (Wildman–Crippen MR) is 31.8 cm³/mol. The smallest absolute Gasteiger partial charge is 0.345 e. The third kappa shape index (κ3) is 4.65. The van der Waals surface area contributed by atoms with Crippen LogP contribution in [0.1, 0.15) is 0 Å².